The number of aromatic nitrogens is 2. The maximum atomic E-state index is 12.5. The largest absolute Gasteiger partial charge is 0.297 e. The van der Waals surface area contributed by atoms with Gasteiger partial charge in [0.15, 0.2) is 0 Å². The molecular weight excluding hydrogens is 336 g/mol. The molecule has 0 radical (unpaired) electrons. The third-order valence-corrected chi connectivity index (χ3v) is 5.87. The van der Waals surface area contributed by atoms with Crippen LogP contribution >= 0.6 is 27.3 Å². The predicted molar refractivity (Wildman–Crippen MR) is 89.9 cm³/mol. The molecule has 0 fully saturated rings. The Morgan fingerprint density at radius 3 is 2.65 bits per heavy atom. The summed E-state index contributed by atoms with van der Waals surface area (Å²) < 4.78 is 2.56. The Morgan fingerprint density at radius 1 is 1.35 bits per heavy atom. The molecule has 2 aromatic heterocycles. The van der Waals surface area contributed by atoms with Crippen molar-refractivity contribution >= 4 is 37.5 Å². The van der Waals surface area contributed by atoms with Gasteiger partial charge in [0, 0.05) is 11.9 Å². The van der Waals surface area contributed by atoms with Crippen molar-refractivity contribution in [1.82, 2.24) is 9.55 Å². The maximum Gasteiger partial charge on any atom is 0.271 e. The molecule has 0 saturated carbocycles. The molecule has 0 bridgehead atoms. The van der Waals surface area contributed by atoms with E-state index in [4.69, 9.17) is 0 Å². The summed E-state index contributed by atoms with van der Waals surface area (Å²) in [5.41, 5.74) is 1.06. The predicted octanol–water partition coefficient (Wildman–Crippen LogP) is 4.44. The van der Waals surface area contributed by atoms with Crippen LogP contribution in [0.15, 0.2) is 22.6 Å². The summed E-state index contributed by atoms with van der Waals surface area (Å²) in [5, 5.41) is 2.86. The van der Waals surface area contributed by atoms with Crippen LogP contribution in [0.25, 0.3) is 10.2 Å². The van der Waals surface area contributed by atoms with Gasteiger partial charge in [0.2, 0.25) is 0 Å². The summed E-state index contributed by atoms with van der Waals surface area (Å²) in [6, 6.07) is 1.90. The minimum Gasteiger partial charge on any atom is -0.297 e. The molecule has 0 aliphatic heterocycles. The topological polar surface area (TPSA) is 34.9 Å². The van der Waals surface area contributed by atoms with Crippen LogP contribution in [0.3, 0.4) is 0 Å². The zero-order valence-corrected chi connectivity index (χ0v) is 14.5. The van der Waals surface area contributed by atoms with E-state index in [9.17, 15) is 4.79 Å². The molecule has 0 N–H and O–H groups in total. The highest BCUT2D eigenvalue weighted by molar-refractivity contribution is 9.09. The number of nitrogens with zero attached hydrogens (tertiary/aromatic N) is 2. The molecule has 5 heteroatoms. The van der Waals surface area contributed by atoms with E-state index >= 15 is 0 Å². The molecule has 3 nitrogen and oxygen atoms in total. The molecule has 0 spiro atoms. The standard InChI is InChI=1S/C15H21BrN2OS/c1-3-6-15(9-16,7-4-2)10-18-11-17-12-5-8-20-13(12)14(18)19/h5,8,11H,3-4,6-7,9-10H2,1-2H3. The molecule has 2 aromatic rings. The summed E-state index contributed by atoms with van der Waals surface area (Å²) in [7, 11) is 0. The lowest BCUT2D eigenvalue weighted by atomic mass is 9.81. The van der Waals surface area contributed by atoms with Gasteiger partial charge in [-0.25, -0.2) is 4.98 Å². The molecular formula is C15H21BrN2OS. The first-order valence-corrected chi connectivity index (χ1v) is 9.14. The number of hydrogen-bond donors (Lipinski definition) is 0. The van der Waals surface area contributed by atoms with Crippen molar-refractivity contribution in [3.8, 4) is 0 Å². The Kier molecular flexibility index (Phi) is 5.38. The normalized spacial score (nSPS) is 12.2. The molecule has 0 atom stereocenters. The van der Waals surface area contributed by atoms with Gasteiger partial charge in [-0.3, -0.25) is 9.36 Å². The van der Waals surface area contributed by atoms with Crippen molar-refractivity contribution in [3.05, 3.63) is 28.1 Å². The van der Waals surface area contributed by atoms with E-state index in [2.05, 4.69) is 34.8 Å². The molecule has 0 unspecified atom stereocenters. The van der Waals surface area contributed by atoms with Crippen LogP contribution in [0.4, 0.5) is 0 Å². The SMILES string of the molecule is CCCC(CBr)(CCC)Cn1cnc2ccsc2c1=O. The highest BCUT2D eigenvalue weighted by Gasteiger charge is 2.28. The minimum atomic E-state index is 0.0996. The maximum absolute atomic E-state index is 12.5. The van der Waals surface area contributed by atoms with Gasteiger partial charge < -0.3 is 0 Å². The molecule has 0 aromatic carbocycles. The second-order valence-electron chi connectivity index (χ2n) is 5.45. The lowest BCUT2D eigenvalue weighted by molar-refractivity contribution is 0.230. The molecule has 0 saturated heterocycles. The lowest BCUT2D eigenvalue weighted by Gasteiger charge is -2.32. The van der Waals surface area contributed by atoms with E-state index in [-0.39, 0.29) is 11.0 Å². The Bertz CT molecular complexity index is 614. The van der Waals surface area contributed by atoms with Crippen LogP contribution in [0.1, 0.15) is 39.5 Å². The fraction of sp³-hybridized carbons (Fsp3) is 0.600. The average Bonchev–Trinajstić information content (AvgIpc) is 2.91. The highest BCUT2D eigenvalue weighted by Crippen LogP contribution is 2.33. The Morgan fingerprint density at radius 2 is 2.05 bits per heavy atom. The van der Waals surface area contributed by atoms with Gasteiger partial charge in [0.1, 0.15) is 4.70 Å². The van der Waals surface area contributed by atoms with Gasteiger partial charge in [0.25, 0.3) is 5.56 Å². The first kappa shape index (κ1) is 15.7. The summed E-state index contributed by atoms with van der Waals surface area (Å²) in [5.74, 6) is 0. The van der Waals surface area contributed by atoms with Crippen molar-refractivity contribution in [2.45, 2.75) is 46.1 Å². The number of alkyl halides is 1. The fourth-order valence-corrected chi connectivity index (χ4v) is 4.40. The molecule has 0 aliphatic carbocycles. The highest BCUT2D eigenvalue weighted by atomic mass is 79.9. The van der Waals surface area contributed by atoms with Crippen molar-refractivity contribution in [2.75, 3.05) is 5.33 Å². The molecule has 0 amide bonds. The first-order valence-electron chi connectivity index (χ1n) is 7.14. The van der Waals surface area contributed by atoms with Crippen molar-refractivity contribution in [1.29, 1.82) is 0 Å². The Hall–Kier alpha value is -0.680. The molecule has 110 valence electrons. The van der Waals surface area contributed by atoms with E-state index in [0.717, 1.165) is 47.8 Å². The summed E-state index contributed by atoms with van der Waals surface area (Å²) >= 11 is 5.15. The van der Waals surface area contributed by atoms with Crippen LogP contribution in [-0.4, -0.2) is 14.9 Å². The monoisotopic (exact) mass is 356 g/mol. The fourth-order valence-electron chi connectivity index (χ4n) is 2.87. The molecule has 20 heavy (non-hydrogen) atoms. The summed E-state index contributed by atoms with van der Waals surface area (Å²) in [6.45, 7) is 5.16. The Labute approximate surface area is 132 Å². The van der Waals surface area contributed by atoms with Gasteiger partial charge in [-0.15, -0.1) is 11.3 Å². The van der Waals surface area contributed by atoms with E-state index in [1.165, 1.54) is 11.3 Å². The first-order chi connectivity index (χ1) is 9.65. The number of rotatable bonds is 7. The second-order valence-corrected chi connectivity index (χ2v) is 6.92. The minimum absolute atomic E-state index is 0.0996. The van der Waals surface area contributed by atoms with Crippen LogP contribution in [0.5, 0.6) is 0 Å². The van der Waals surface area contributed by atoms with E-state index in [0.29, 0.717) is 0 Å². The van der Waals surface area contributed by atoms with Gasteiger partial charge in [-0.1, -0.05) is 42.6 Å². The van der Waals surface area contributed by atoms with Crippen LogP contribution in [0.2, 0.25) is 0 Å². The third-order valence-electron chi connectivity index (χ3n) is 3.79. The zero-order valence-electron chi connectivity index (χ0n) is 12.1. The number of halogens is 1. The van der Waals surface area contributed by atoms with E-state index < -0.39 is 0 Å². The number of hydrogen-bond acceptors (Lipinski definition) is 3. The van der Waals surface area contributed by atoms with Gasteiger partial charge in [-0.2, -0.15) is 0 Å². The Balaban J connectivity index is 2.37. The smallest absolute Gasteiger partial charge is 0.271 e. The number of thiophene rings is 1. The van der Waals surface area contributed by atoms with Crippen LogP contribution < -0.4 is 5.56 Å². The van der Waals surface area contributed by atoms with Crippen molar-refractivity contribution in [3.63, 3.8) is 0 Å². The zero-order chi connectivity index (χ0) is 14.6. The van der Waals surface area contributed by atoms with Crippen LogP contribution in [-0.2, 0) is 6.54 Å². The molecule has 2 heterocycles. The lowest BCUT2D eigenvalue weighted by Crippen LogP contribution is -2.33. The summed E-state index contributed by atoms with van der Waals surface area (Å²) in [4.78, 5) is 16.9. The number of fused-ring (bicyclic) bond motifs is 1. The average molecular weight is 357 g/mol. The molecule has 2 rings (SSSR count). The van der Waals surface area contributed by atoms with Gasteiger partial charge >= 0.3 is 0 Å². The van der Waals surface area contributed by atoms with Gasteiger partial charge in [-0.05, 0) is 29.7 Å². The van der Waals surface area contributed by atoms with Crippen molar-refractivity contribution < 1.29 is 0 Å². The van der Waals surface area contributed by atoms with Gasteiger partial charge in [0.05, 0.1) is 11.8 Å². The second kappa shape index (κ2) is 6.85. The van der Waals surface area contributed by atoms with Crippen LogP contribution in [0, 0.1) is 5.41 Å². The third kappa shape index (κ3) is 3.14. The molecule has 0 aliphatic rings. The van der Waals surface area contributed by atoms with Crippen molar-refractivity contribution in [2.24, 2.45) is 5.41 Å². The quantitative estimate of drug-likeness (QED) is 0.687. The summed E-state index contributed by atoms with van der Waals surface area (Å²) in [6.07, 6.45) is 6.23. The van der Waals surface area contributed by atoms with E-state index in [1.54, 1.807) is 10.9 Å². The van der Waals surface area contributed by atoms with E-state index in [1.807, 2.05) is 11.4 Å².